The Morgan fingerprint density at radius 1 is 1.17 bits per heavy atom. The molecule has 0 radical (unpaired) electrons. The van der Waals surface area contributed by atoms with Crippen LogP contribution >= 0.6 is 19.6 Å². The van der Waals surface area contributed by atoms with Crippen molar-refractivity contribution in [3.8, 4) is 0 Å². The van der Waals surface area contributed by atoms with Crippen molar-refractivity contribution in [3.63, 3.8) is 0 Å². The molecule has 1 amide bonds. The zero-order chi connectivity index (χ0) is 26.5. The van der Waals surface area contributed by atoms with Gasteiger partial charge in [0.15, 0.2) is 5.12 Å². The fraction of sp³-hybridized carbons (Fsp3) is 0.792. The number of amides is 1. The number of carbonyl (C=O) groups is 2. The number of rotatable bonds is 18. The van der Waals surface area contributed by atoms with Crippen molar-refractivity contribution >= 4 is 30.6 Å². The second-order valence-electron chi connectivity index (χ2n) is 9.56. The predicted molar refractivity (Wildman–Crippen MR) is 140 cm³/mol. The van der Waals surface area contributed by atoms with E-state index in [2.05, 4.69) is 36.1 Å². The molecule has 0 saturated carbocycles. The second-order valence-corrected chi connectivity index (χ2v) is 12.4. The van der Waals surface area contributed by atoms with Crippen molar-refractivity contribution < 1.29 is 27.7 Å². The van der Waals surface area contributed by atoms with Crippen LogP contribution in [0.3, 0.4) is 0 Å². The summed E-state index contributed by atoms with van der Waals surface area (Å²) in [5, 5.41) is 2.98. The minimum Gasteiger partial charge on any atom is -0.356 e. The van der Waals surface area contributed by atoms with Gasteiger partial charge in [-0.2, -0.15) is 0 Å². The highest BCUT2D eigenvalue weighted by molar-refractivity contribution is 8.13. The number of aryl methyl sites for hydroxylation is 1. The van der Waals surface area contributed by atoms with E-state index in [0.29, 0.717) is 31.6 Å². The molecule has 2 atom stereocenters. The number of nitrogens with zero attached hydrogens (tertiary/aromatic N) is 1. The summed E-state index contributed by atoms with van der Waals surface area (Å²) in [6, 6.07) is 0. The first-order valence-electron chi connectivity index (χ1n) is 12.4. The van der Waals surface area contributed by atoms with Gasteiger partial charge in [-0.05, 0) is 32.1 Å². The quantitative estimate of drug-likeness (QED) is 0.187. The molecule has 202 valence electrons. The van der Waals surface area contributed by atoms with Crippen LogP contribution in [-0.4, -0.2) is 52.1 Å². The van der Waals surface area contributed by atoms with E-state index in [9.17, 15) is 14.2 Å². The van der Waals surface area contributed by atoms with E-state index in [1.54, 1.807) is 12.5 Å². The Labute approximate surface area is 214 Å². The molecule has 0 aliphatic rings. The van der Waals surface area contributed by atoms with Gasteiger partial charge < -0.3 is 10.3 Å². The van der Waals surface area contributed by atoms with Gasteiger partial charge in [0.2, 0.25) is 5.91 Å². The maximum Gasteiger partial charge on any atom is 0.475 e. The number of imidazole rings is 1. The topological polar surface area (TPSA) is 120 Å². The van der Waals surface area contributed by atoms with Crippen molar-refractivity contribution in [1.29, 1.82) is 0 Å². The first kappa shape index (κ1) is 31.8. The molecule has 0 bridgehead atoms. The third kappa shape index (κ3) is 12.1. The average molecular weight is 534 g/mol. The Morgan fingerprint density at radius 3 is 2.40 bits per heavy atom. The summed E-state index contributed by atoms with van der Waals surface area (Å²) >= 11 is 1.10. The Balaban J connectivity index is 2.86. The van der Waals surface area contributed by atoms with E-state index in [1.807, 2.05) is 20.8 Å². The molecule has 35 heavy (non-hydrogen) atoms. The molecule has 0 aromatic carbocycles. The van der Waals surface area contributed by atoms with Crippen LogP contribution in [0.2, 0.25) is 0 Å². The molecule has 0 saturated heterocycles. The summed E-state index contributed by atoms with van der Waals surface area (Å²) in [7, 11) is -3.90. The lowest BCUT2D eigenvalue weighted by Crippen LogP contribution is -2.40. The SMILES string of the molecule is CCC(C)(C)OP(=O)(OCCSC(C)=O)OCC(CNC(=O)CCc1cnc[nH]1)C(C)(CC)CC. The molecule has 11 heteroatoms. The summed E-state index contributed by atoms with van der Waals surface area (Å²) < 4.78 is 30.9. The van der Waals surface area contributed by atoms with Gasteiger partial charge in [-0.3, -0.25) is 23.2 Å². The molecule has 1 aromatic heterocycles. The van der Waals surface area contributed by atoms with Crippen LogP contribution in [0.25, 0.3) is 0 Å². The number of phosphoric acid groups is 1. The van der Waals surface area contributed by atoms with Crippen LogP contribution in [0.15, 0.2) is 12.5 Å². The molecule has 0 fully saturated rings. The summed E-state index contributed by atoms with van der Waals surface area (Å²) in [4.78, 5) is 30.7. The van der Waals surface area contributed by atoms with E-state index >= 15 is 0 Å². The minimum absolute atomic E-state index is 0.0378. The number of phosphoric ester groups is 1. The molecule has 1 aromatic rings. The van der Waals surface area contributed by atoms with Crippen molar-refractivity contribution in [2.75, 3.05) is 25.5 Å². The molecule has 2 unspecified atom stereocenters. The van der Waals surface area contributed by atoms with Gasteiger partial charge >= 0.3 is 7.82 Å². The number of carbonyl (C=O) groups excluding carboxylic acids is 2. The van der Waals surface area contributed by atoms with E-state index in [4.69, 9.17) is 13.6 Å². The number of hydrogen-bond donors (Lipinski definition) is 2. The standard InChI is InChI=1S/C24H44N3O6PS/c1-8-23(5,6)33-34(30,31-13-14-35-19(4)28)32-17-20(24(7,9-2)10-3)15-26-22(29)12-11-21-16-25-18-27-21/h16,18,20H,8-15,17H2,1-7H3,(H,25,27)(H,26,29). The maximum atomic E-state index is 13.6. The third-order valence-electron chi connectivity index (χ3n) is 6.61. The summed E-state index contributed by atoms with van der Waals surface area (Å²) in [6.07, 6.45) is 6.56. The Hall–Kier alpha value is -1.19. The van der Waals surface area contributed by atoms with Gasteiger partial charge in [0.05, 0.1) is 25.1 Å². The lowest BCUT2D eigenvalue weighted by Gasteiger charge is -2.37. The molecule has 0 spiro atoms. The van der Waals surface area contributed by atoms with Gasteiger partial charge in [0, 0.05) is 43.5 Å². The number of thioether (sulfide) groups is 1. The normalized spacial score (nSPS) is 14.9. The van der Waals surface area contributed by atoms with Crippen molar-refractivity contribution in [2.24, 2.45) is 11.3 Å². The predicted octanol–water partition coefficient (Wildman–Crippen LogP) is 5.53. The van der Waals surface area contributed by atoms with Crippen LogP contribution in [0.1, 0.15) is 79.8 Å². The van der Waals surface area contributed by atoms with Gasteiger partial charge in [0.1, 0.15) is 0 Å². The molecule has 1 rings (SSSR count). The Morgan fingerprint density at radius 2 is 1.86 bits per heavy atom. The fourth-order valence-electron chi connectivity index (χ4n) is 3.30. The number of hydrogen-bond acceptors (Lipinski definition) is 8. The molecular formula is C24H44N3O6PS. The van der Waals surface area contributed by atoms with Crippen LogP contribution in [0.5, 0.6) is 0 Å². The minimum atomic E-state index is -3.90. The van der Waals surface area contributed by atoms with Gasteiger partial charge in [0.25, 0.3) is 0 Å². The first-order valence-corrected chi connectivity index (χ1v) is 14.8. The van der Waals surface area contributed by atoms with Gasteiger partial charge in [-0.25, -0.2) is 9.55 Å². The van der Waals surface area contributed by atoms with Crippen LogP contribution < -0.4 is 5.32 Å². The summed E-state index contributed by atoms with van der Waals surface area (Å²) in [5.41, 5.74) is 0.0497. The van der Waals surface area contributed by atoms with E-state index < -0.39 is 13.4 Å². The average Bonchev–Trinajstić information content (AvgIpc) is 3.33. The second kappa shape index (κ2) is 15.2. The number of nitrogens with one attached hydrogen (secondary N) is 2. The molecule has 0 aliphatic heterocycles. The molecule has 2 N–H and O–H groups in total. The Kier molecular flexibility index (Phi) is 13.8. The van der Waals surface area contributed by atoms with Crippen LogP contribution in [-0.2, 0) is 34.1 Å². The Bertz CT molecular complexity index is 814. The number of aromatic nitrogens is 2. The fourth-order valence-corrected chi connectivity index (χ4v) is 5.47. The van der Waals surface area contributed by atoms with Gasteiger partial charge in [-0.1, -0.05) is 52.3 Å². The largest absolute Gasteiger partial charge is 0.475 e. The molecule has 1 heterocycles. The van der Waals surface area contributed by atoms with Crippen LogP contribution in [0.4, 0.5) is 0 Å². The van der Waals surface area contributed by atoms with E-state index in [1.165, 1.54) is 6.92 Å². The number of H-pyrrole nitrogens is 1. The smallest absolute Gasteiger partial charge is 0.356 e. The molecule has 9 nitrogen and oxygen atoms in total. The number of aromatic amines is 1. The lowest BCUT2D eigenvalue weighted by atomic mass is 9.73. The zero-order valence-electron chi connectivity index (χ0n) is 22.3. The van der Waals surface area contributed by atoms with Crippen molar-refractivity contribution in [2.45, 2.75) is 86.2 Å². The van der Waals surface area contributed by atoms with Crippen molar-refractivity contribution in [1.82, 2.24) is 15.3 Å². The van der Waals surface area contributed by atoms with E-state index in [-0.39, 0.29) is 35.6 Å². The monoisotopic (exact) mass is 533 g/mol. The highest BCUT2D eigenvalue weighted by atomic mass is 32.2. The summed E-state index contributed by atoms with van der Waals surface area (Å²) in [5.74, 6) is 0.185. The highest BCUT2D eigenvalue weighted by Gasteiger charge is 2.38. The van der Waals surface area contributed by atoms with Crippen molar-refractivity contribution in [3.05, 3.63) is 18.2 Å². The summed E-state index contributed by atoms with van der Waals surface area (Å²) in [6.45, 7) is 14.0. The molecule has 0 aliphatic carbocycles. The van der Waals surface area contributed by atoms with Crippen LogP contribution in [0, 0.1) is 11.3 Å². The van der Waals surface area contributed by atoms with E-state index in [0.717, 1.165) is 30.3 Å². The lowest BCUT2D eigenvalue weighted by molar-refractivity contribution is -0.121. The molecular weight excluding hydrogens is 489 g/mol. The third-order valence-corrected chi connectivity index (χ3v) is 9.06. The highest BCUT2D eigenvalue weighted by Crippen LogP contribution is 2.54. The first-order chi connectivity index (χ1) is 16.4. The zero-order valence-corrected chi connectivity index (χ0v) is 24.1. The van der Waals surface area contributed by atoms with Gasteiger partial charge in [-0.15, -0.1) is 0 Å². The maximum absolute atomic E-state index is 13.6.